The summed E-state index contributed by atoms with van der Waals surface area (Å²) in [4.78, 5) is 20.2. The number of ether oxygens (including phenoxy) is 1. The Bertz CT molecular complexity index is 143. The minimum Gasteiger partial charge on any atom is -0.490 e. The van der Waals surface area contributed by atoms with E-state index in [0.29, 0.717) is 12.9 Å². The topological polar surface area (TPSA) is 43.4 Å². The van der Waals surface area contributed by atoms with E-state index in [1.807, 2.05) is 0 Å². The average molecular weight is 192 g/mol. The molecule has 0 fully saturated rings. The quantitative estimate of drug-likeness (QED) is 0.282. The van der Waals surface area contributed by atoms with Gasteiger partial charge in [-0.25, -0.2) is 0 Å². The Hall–Kier alpha value is -0.536. The second kappa shape index (κ2) is 9.46. The van der Waals surface area contributed by atoms with Crippen molar-refractivity contribution in [2.24, 2.45) is 0 Å². The summed E-state index contributed by atoms with van der Waals surface area (Å²) in [6, 6.07) is 0. The third-order valence-electron chi connectivity index (χ3n) is 0.709. The van der Waals surface area contributed by atoms with E-state index in [4.69, 9.17) is 0 Å². The largest absolute Gasteiger partial charge is 0.490 e. The molecule has 0 amide bonds. The van der Waals surface area contributed by atoms with Crippen LogP contribution in [-0.4, -0.2) is 18.9 Å². The zero-order valence-corrected chi connectivity index (χ0v) is 7.64. The van der Waals surface area contributed by atoms with Crippen LogP contribution in [0.25, 0.3) is 0 Å². The predicted octanol–water partition coefficient (Wildman–Crippen LogP) is 0.495. The van der Waals surface area contributed by atoms with Crippen LogP contribution in [0.2, 0.25) is 0 Å². The maximum atomic E-state index is 10.4. The van der Waals surface area contributed by atoms with Crippen LogP contribution in [0, 0.1) is 6.08 Å². The number of carbonyl (C=O) groups excluding carboxylic acids is 2. The maximum absolute atomic E-state index is 10.4. The van der Waals surface area contributed by atoms with Gasteiger partial charge in [-0.1, -0.05) is 0 Å². The van der Waals surface area contributed by atoms with Gasteiger partial charge in [-0.2, -0.15) is 0 Å². The molecule has 0 atom stereocenters. The van der Waals surface area contributed by atoms with Gasteiger partial charge in [-0.05, 0) is 13.3 Å². The first-order valence-electron chi connectivity index (χ1n) is 2.99. The zero-order valence-electron chi connectivity index (χ0n) is 6.24. The molecule has 0 rings (SSSR count). The van der Waals surface area contributed by atoms with Gasteiger partial charge in [0.15, 0.2) is 0 Å². The van der Waals surface area contributed by atoms with E-state index in [0.717, 1.165) is 0 Å². The monoisotopic (exact) mass is 192 g/mol. The number of rotatable bonds is 4. The van der Waals surface area contributed by atoms with Gasteiger partial charge in [0.1, 0.15) is 12.3 Å². The third kappa shape index (κ3) is 9.46. The van der Waals surface area contributed by atoms with Gasteiger partial charge in [0.2, 0.25) is 0 Å². The van der Waals surface area contributed by atoms with E-state index in [1.165, 1.54) is 6.08 Å². The minimum absolute atomic E-state index is 0. The molecule has 0 spiro atoms. The smallest absolute Gasteiger partial charge is 0.147 e. The van der Waals surface area contributed by atoms with Gasteiger partial charge < -0.3 is 15.6 Å². The second-order valence-electron chi connectivity index (χ2n) is 1.47. The standard InChI is InChI=1S/C7H9O3.V/c1-2-10-7(9)5-3-4-6-8;/h3,6H,2,4H2,1H3;/q-1;. The van der Waals surface area contributed by atoms with Crippen molar-refractivity contribution in [2.45, 2.75) is 13.3 Å². The summed E-state index contributed by atoms with van der Waals surface area (Å²) >= 11 is 0. The second-order valence-corrected chi connectivity index (χ2v) is 1.47. The fourth-order valence-corrected chi connectivity index (χ4v) is 0.363. The molecular formula is C7H9O3V-. The number of esters is 1. The number of aldehydes is 1. The average Bonchev–Trinajstić information content (AvgIpc) is 1.89. The molecule has 0 heterocycles. The fraction of sp³-hybridized carbons (Fsp3) is 0.429. The van der Waals surface area contributed by atoms with Crippen LogP contribution in [-0.2, 0) is 32.9 Å². The molecule has 3 nitrogen and oxygen atoms in total. The van der Waals surface area contributed by atoms with Gasteiger partial charge in [0.25, 0.3) is 0 Å². The van der Waals surface area contributed by atoms with E-state index in [2.05, 4.69) is 10.8 Å². The summed E-state index contributed by atoms with van der Waals surface area (Å²) in [5.74, 6) is -0.524. The normalized spacial score (nSPS) is 8.82. The molecule has 0 aliphatic rings. The molecule has 0 saturated carbocycles. The van der Waals surface area contributed by atoms with Gasteiger partial charge in [0.05, 0.1) is 6.61 Å². The van der Waals surface area contributed by atoms with Crippen molar-refractivity contribution in [3.05, 3.63) is 12.2 Å². The number of allylic oxidation sites excluding steroid dienone is 1. The molecule has 1 radical (unpaired) electrons. The molecule has 0 N–H and O–H groups in total. The van der Waals surface area contributed by atoms with Crippen LogP contribution in [0.5, 0.6) is 0 Å². The van der Waals surface area contributed by atoms with E-state index < -0.39 is 5.97 Å². The Labute approximate surface area is 77.7 Å². The first kappa shape index (κ1) is 13.1. The van der Waals surface area contributed by atoms with Crippen molar-refractivity contribution in [2.75, 3.05) is 6.61 Å². The summed E-state index contributed by atoms with van der Waals surface area (Å²) in [5, 5.41) is 0. The Balaban J connectivity index is 0. The molecule has 61 valence electrons. The minimum atomic E-state index is -0.524. The van der Waals surface area contributed by atoms with Gasteiger partial charge in [-0.15, -0.1) is 0 Å². The van der Waals surface area contributed by atoms with Crippen LogP contribution in [0.15, 0.2) is 6.08 Å². The molecule has 0 aliphatic heterocycles. The van der Waals surface area contributed by atoms with E-state index >= 15 is 0 Å². The maximum Gasteiger partial charge on any atom is 0.147 e. The van der Waals surface area contributed by atoms with E-state index in [9.17, 15) is 9.59 Å². The predicted molar refractivity (Wildman–Crippen MR) is 35.1 cm³/mol. The summed E-state index contributed by atoms with van der Waals surface area (Å²) in [7, 11) is 0. The van der Waals surface area contributed by atoms with E-state index in [-0.39, 0.29) is 25.0 Å². The molecule has 0 aromatic carbocycles. The van der Waals surface area contributed by atoms with Gasteiger partial charge >= 0.3 is 0 Å². The third-order valence-corrected chi connectivity index (χ3v) is 0.709. The number of carbonyl (C=O) groups is 2. The van der Waals surface area contributed by atoms with Crippen LogP contribution in [0.4, 0.5) is 0 Å². The summed E-state index contributed by atoms with van der Waals surface area (Å²) in [6.45, 7) is 2.04. The van der Waals surface area contributed by atoms with Crippen molar-refractivity contribution in [1.29, 1.82) is 0 Å². The molecule has 4 heteroatoms. The molecule has 0 aromatic rings. The van der Waals surface area contributed by atoms with Crippen molar-refractivity contribution in [1.82, 2.24) is 0 Å². The summed E-state index contributed by atoms with van der Waals surface area (Å²) in [6.07, 6.45) is 4.50. The molecular weight excluding hydrogens is 183 g/mol. The van der Waals surface area contributed by atoms with Crippen molar-refractivity contribution < 1.29 is 32.9 Å². The van der Waals surface area contributed by atoms with Crippen LogP contribution in [0.3, 0.4) is 0 Å². The molecule has 0 saturated heterocycles. The van der Waals surface area contributed by atoms with Crippen molar-refractivity contribution >= 4 is 12.3 Å². The number of hydrogen-bond acceptors (Lipinski definition) is 3. The van der Waals surface area contributed by atoms with Crippen molar-refractivity contribution in [3.63, 3.8) is 0 Å². The molecule has 0 aliphatic carbocycles. The molecule has 0 bridgehead atoms. The number of hydrogen-bond donors (Lipinski definition) is 0. The van der Waals surface area contributed by atoms with Crippen LogP contribution < -0.4 is 0 Å². The van der Waals surface area contributed by atoms with Crippen LogP contribution in [0.1, 0.15) is 13.3 Å². The van der Waals surface area contributed by atoms with Crippen LogP contribution >= 0.6 is 0 Å². The van der Waals surface area contributed by atoms with Gasteiger partial charge in [0, 0.05) is 18.6 Å². The zero-order chi connectivity index (χ0) is 7.82. The van der Waals surface area contributed by atoms with E-state index in [1.54, 1.807) is 6.92 Å². The first-order valence-corrected chi connectivity index (χ1v) is 2.99. The Kier molecular flexibility index (Phi) is 11.3. The molecule has 0 unspecified atom stereocenters. The SMILES string of the molecule is CCOC(=O)[C-]=CCC=O.[V]. The Morgan fingerprint density at radius 1 is 1.64 bits per heavy atom. The molecule has 11 heavy (non-hydrogen) atoms. The molecule has 0 aromatic heterocycles. The Morgan fingerprint density at radius 3 is 2.73 bits per heavy atom. The first-order chi connectivity index (χ1) is 4.81. The Morgan fingerprint density at radius 2 is 2.27 bits per heavy atom. The van der Waals surface area contributed by atoms with Crippen molar-refractivity contribution in [3.8, 4) is 0 Å². The summed E-state index contributed by atoms with van der Waals surface area (Å²) < 4.78 is 4.49. The van der Waals surface area contributed by atoms with Gasteiger partial charge in [-0.3, -0.25) is 10.9 Å². The summed E-state index contributed by atoms with van der Waals surface area (Å²) in [5.41, 5.74) is 0. The fourth-order valence-electron chi connectivity index (χ4n) is 0.363.